The summed E-state index contributed by atoms with van der Waals surface area (Å²) in [5, 5.41) is 3.42. The van der Waals surface area contributed by atoms with E-state index in [9.17, 15) is 4.79 Å². The van der Waals surface area contributed by atoms with Crippen LogP contribution in [0.15, 0.2) is 24.4 Å². The Morgan fingerprint density at radius 2 is 2.24 bits per heavy atom. The van der Waals surface area contributed by atoms with E-state index in [2.05, 4.69) is 10.3 Å². The van der Waals surface area contributed by atoms with Crippen LogP contribution in [0.4, 0.5) is 5.82 Å². The molecule has 0 aliphatic carbocycles. The number of hydrogen-bond acceptors (Lipinski definition) is 6. The molecule has 7 heteroatoms. The molecule has 1 N–H and O–H groups in total. The van der Waals surface area contributed by atoms with Crippen molar-refractivity contribution in [1.29, 1.82) is 0 Å². The zero-order valence-corrected chi connectivity index (χ0v) is 14.8. The third kappa shape index (κ3) is 3.93. The highest BCUT2D eigenvalue weighted by atomic mass is 16.5. The number of nitrogens with zero attached hydrogens (tertiary/aromatic N) is 4. The average Bonchev–Trinajstić information content (AvgIpc) is 2.62. The predicted molar refractivity (Wildman–Crippen MR) is 95.0 cm³/mol. The molecule has 1 atom stereocenters. The van der Waals surface area contributed by atoms with Crippen molar-refractivity contribution in [3.8, 4) is 11.5 Å². The molecule has 0 radical (unpaired) electrons. The molecule has 3 heterocycles. The molecule has 0 unspecified atom stereocenters. The van der Waals surface area contributed by atoms with Gasteiger partial charge in [0.2, 0.25) is 5.91 Å². The molecule has 1 aliphatic heterocycles. The molecule has 1 amide bonds. The first-order valence-corrected chi connectivity index (χ1v) is 8.40. The number of anilines is 1. The van der Waals surface area contributed by atoms with Gasteiger partial charge in [0, 0.05) is 38.4 Å². The monoisotopic (exact) mass is 341 g/mol. The number of pyridine rings is 1. The van der Waals surface area contributed by atoms with Gasteiger partial charge in [-0.2, -0.15) is 0 Å². The maximum Gasteiger partial charge on any atom is 0.219 e. The van der Waals surface area contributed by atoms with E-state index in [4.69, 9.17) is 14.7 Å². The number of carbonyl (C=O) groups excluding carboxylic acids is 1. The number of methoxy groups -OCH3 is 1. The lowest BCUT2D eigenvalue weighted by atomic mass is 10.0. The number of rotatable bonds is 5. The van der Waals surface area contributed by atoms with Gasteiger partial charge in [-0.1, -0.05) is 6.07 Å². The molecule has 1 aliphatic rings. The Bertz CT molecular complexity index is 751. The van der Waals surface area contributed by atoms with Gasteiger partial charge in [0.1, 0.15) is 11.5 Å². The zero-order valence-electron chi connectivity index (χ0n) is 14.8. The molecule has 0 saturated carbocycles. The quantitative estimate of drug-likeness (QED) is 0.894. The smallest absolute Gasteiger partial charge is 0.219 e. The van der Waals surface area contributed by atoms with Crippen molar-refractivity contribution < 1.29 is 9.53 Å². The van der Waals surface area contributed by atoms with Gasteiger partial charge in [-0.25, -0.2) is 9.97 Å². The second-order valence-electron chi connectivity index (χ2n) is 6.23. The van der Waals surface area contributed by atoms with Crippen LogP contribution in [0.3, 0.4) is 0 Å². The minimum Gasteiger partial charge on any atom is -0.383 e. The van der Waals surface area contributed by atoms with Crippen LogP contribution in [0.1, 0.15) is 25.1 Å². The summed E-state index contributed by atoms with van der Waals surface area (Å²) in [7, 11) is 1.68. The van der Waals surface area contributed by atoms with Crippen molar-refractivity contribution in [3.63, 3.8) is 0 Å². The fourth-order valence-electron chi connectivity index (χ4n) is 2.95. The van der Waals surface area contributed by atoms with Crippen LogP contribution in [0.25, 0.3) is 11.5 Å². The van der Waals surface area contributed by atoms with Gasteiger partial charge >= 0.3 is 0 Å². The molecule has 0 saturated heterocycles. The first-order chi connectivity index (χ1) is 12.1. The average molecular weight is 341 g/mol. The van der Waals surface area contributed by atoms with E-state index in [1.165, 1.54) is 0 Å². The van der Waals surface area contributed by atoms with Crippen molar-refractivity contribution >= 4 is 11.7 Å². The maximum atomic E-state index is 11.7. The SMILES string of the molecule is COC[C@H](C)Nc1nc(-c2ccccn2)nc2c1CCN(C(C)=O)C2. The molecule has 25 heavy (non-hydrogen) atoms. The summed E-state index contributed by atoms with van der Waals surface area (Å²) in [4.78, 5) is 27.3. The van der Waals surface area contributed by atoms with Gasteiger partial charge in [-0.05, 0) is 25.5 Å². The molecule has 7 nitrogen and oxygen atoms in total. The van der Waals surface area contributed by atoms with Crippen molar-refractivity contribution in [1.82, 2.24) is 19.9 Å². The van der Waals surface area contributed by atoms with E-state index >= 15 is 0 Å². The molecule has 0 aromatic carbocycles. The molecule has 0 fully saturated rings. The van der Waals surface area contributed by atoms with E-state index in [1.54, 1.807) is 25.1 Å². The Morgan fingerprint density at radius 3 is 2.92 bits per heavy atom. The van der Waals surface area contributed by atoms with Crippen LogP contribution in [-0.2, 0) is 22.5 Å². The van der Waals surface area contributed by atoms with Crippen LogP contribution >= 0.6 is 0 Å². The van der Waals surface area contributed by atoms with E-state index in [1.807, 2.05) is 25.1 Å². The van der Waals surface area contributed by atoms with Gasteiger partial charge in [0.25, 0.3) is 0 Å². The van der Waals surface area contributed by atoms with Crippen molar-refractivity contribution in [2.75, 3.05) is 25.6 Å². The third-order valence-corrected chi connectivity index (χ3v) is 4.20. The first kappa shape index (κ1) is 17.3. The second kappa shape index (κ2) is 7.57. The fourth-order valence-corrected chi connectivity index (χ4v) is 2.95. The molecule has 3 rings (SSSR count). The standard InChI is InChI=1S/C18H23N5O2/c1-12(11-25-3)20-17-14-7-9-23(13(2)24)10-16(14)21-18(22-17)15-6-4-5-8-19-15/h4-6,8,12H,7,9-11H2,1-3H3,(H,20,21,22)/t12-/m0/s1. The number of hydrogen-bond donors (Lipinski definition) is 1. The summed E-state index contributed by atoms with van der Waals surface area (Å²) in [6.45, 7) is 5.40. The molecular weight excluding hydrogens is 318 g/mol. The lowest BCUT2D eigenvalue weighted by molar-refractivity contribution is -0.129. The van der Waals surface area contributed by atoms with Crippen LogP contribution < -0.4 is 5.32 Å². The Hall–Kier alpha value is -2.54. The lowest BCUT2D eigenvalue weighted by Crippen LogP contribution is -2.36. The zero-order chi connectivity index (χ0) is 17.8. The molecule has 2 aromatic heterocycles. The summed E-state index contributed by atoms with van der Waals surface area (Å²) in [5.74, 6) is 1.43. The van der Waals surface area contributed by atoms with Gasteiger partial charge in [0.15, 0.2) is 5.82 Å². The van der Waals surface area contributed by atoms with E-state index in [0.29, 0.717) is 31.2 Å². The number of fused-ring (bicyclic) bond motifs is 1. The Kier molecular flexibility index (Phi) is 5.23. The summed E-state index contributed by atoms with van der Waals surface area (Å²) in [6.07, 6.45) is 2.46. The largest absolute Gasteiger partial charge is 0.383 e. The van der Waals surface area contributed by atoms with Crippen LogP contribution in [0.5, 0.6) is 0 Å². The normalized spacial score (nSPS) is 14.8. The van der Waals surface area contributed by atoms with Gasteiger partial charge in [0.05, 0.1) is 18.8 Å². The van der Waals surface area contributed by atoms with Gasteiger partial charge in [-0.3, -0.25) is 9.78 Å². The molecule has 0 bridgehead atoms. The Labute approximate surface area is 147 Å². The summed E-state index contributed by atoms with van der Waals surface area (Å²) < 4.78 is 5.21. The van der Waals surface area contributed by atoms with E-state index in [0.717, 1.165) is 23.5 Å². The summed E-state index contributed by atoms with van der Waals surface area (Å²) >= 11 is 0. The lowest BCUT2D eigenvalue weighted by Gasteiger charge is -2.29. The van der Waals surface area contributed by atoms with Crippen molar-refractivity contribution in [3.05, 3.63) is 35.7 Å². The highest BCUT2D eigenvalue weighted by molar-refractivity contribution is 5.74. The van der Waals surface area contributed by atoms with Crippen LogP contribution in [-0.4, -0.2) is 52.1 Å². The summed E-state index contributed by atoms with van der Waals surface area (Å²) in [5.41, 5.74) is 2.66. The molecule has 132 valence electrons. The highest BCUT2D eigenvalue weighted by Gasteiger charge is 2.24. The number of ether oxygens (including phenoxy) is 1. The molecular formula is C18H23N5O2. The topological polar surface area (TPSA) is 80.2 Å². The fraction of sp³-hybridized carbons (Fsp3) is 0.444. The van der Waals surface area contributed by atoms with E-state index < -0.39 is 0 Å². The van der Waals surface area contributed by atoms with Crippen molar-refractivity contribution in [2.45, 2.75) is 32.9 Å². The number of nitrogens with one attached hydrogen (secondary N) is 1. The number of aromatic nitrogens is 3. The predicted octanol–water partition coefficient (Wildman–Crippen LogP) is 1.89. The first-order valence-electron chi connectivity index (χ1n) is 8.40. The Morgan fingerprint density at radius 1 is 1.40 bits per heavy atom. The van der Waals surface area contributed by atoms with Crippen LogP contribution in [0.2, 0.25) is 0 Å². The molecule has 2 aromatic rings. The molecule has 0 spiro atoms. The maximum absolute atomic E-state index is 11.7. The van der Waals surface area contributed by atoms with Gasteiger partial charge < -0.3 is 15.0 Å². The minimum atomic E-state index is 0.0610. The minimum absolute atomic E-state index is 0.0610. The number of amides is 1. The number of carbonyl (C=O) groups is 1. The van der Waals surface area contributed by atoms with Crippen LogP contribution in [0, 0.1) is 0 Å². The second-order valence-corrected chi connectivity index (χ2v) is 6.23. The highest BCUT2D eigenvalue weighted by Crippen LogP contribution is 2.27. The van der Waals surface area contributed by atoms with E-state index in [-0.39, 0.29) is 11.9 Å². The summed E-state index contributed by atoms with van der Waals surface area (Å²) in [6, 6.07) is 5.77. The Balaban J connectivity index is 2.01. The third-order valence-electron chi connectivity index (χ3n) is 4.20. The van der Waals surface area contributed by atoms with Crippen molar-refractivity contribution in [2.24, 2.45) is 0 Å². The van der Waals surface area contributed by atoms with Gasteiger partial charge in [-0.15, -0.1) is 0 Å².